The Morgan fingerprint density at radius 2 is 1.84 bits per heavy atom. The summed E-state index contributed by atoms with van der Waals surface area (Å²) in [5.41, 5.74) is 3.50. The van der Waals surface area contributed by atoms with Gasteiger partial charge in [-0.1, -0.05) is 29.5 Å². The van der Waals surface area contributed by atoms with Crippen LogP contribution in [0.5, 0.6) is 5.75 Å². The van der Waals surface area contributed by atoms with Crippen LogP contribution in [0.2, 0.25) is 0 Å². The van der Waals surface area contributed by atoms with E-state index in [1.165, 1.54) is 24.2 Å². The van der Waals surface area contributed by atoms with Gasteiger partial charge in [-0.25, -0.2) is 0 Å². The maximum Gasteiger partial charge on any atom is 0.234 e. The number of aromatic nitrogens is 3. The van der Waals surface area contributed by atoms with Crippen molar-refractivity contribution in [3.63, 3.8) is 0 Å². The number of rotatable bonds is 8. The standard InChI is InChI=1S/C23H26N4O3S/c1-14-6-11-20(15(2)12-14)30-17(4)22-25-26-23(27(22)5)31-13-21(29)24-19-9-7-18(8-10-19)16(3)28/h6-12,17H,13H2,1-5H3,(H,24,29). The predicted molar refractivity (Wildman–Crippen MR) is 122 cm³/mol. The summed E-state index contributed by atoms with van der Waals surface area (Å²) in [7, 11) is 1.86. The molecule has 1 atom stereocenters. The number of anilines is 1. The Balaban J connectivity index is 1.58. The molecule has 0 radical (unpaired) electrons. The Labute approximate surface area is 186 Å². The first-order valence-corrected chi connectivity index (χ1v) is 10.9. The Bertz CT molecular complexity index is 1090. The van der Waals surface area contributed by atoms with Crippen molar-refractivity contribution in [2.45, 2.75) is 39.0 Å². The highest BCUT2D eigenvalue weighted by Crippen LogP contribution is 2.26. The third-order valence-corrected chi connectivity index (χ3v) is 5.79. The average molecular weight is 439 g/mol. The zero-order valence-corrected chi connectivity index (χ0v) is 19.1. The number of carbonyl (C=O) groups is 2. The molecule has 162 valence electrons. The summed E-state index contributed by atoms with van der Waals surface area (Å²) >= 11 is 1.30. The fraction of sp³-hybridized carbons (Fsp3) is 0.304. The summed E-state index contributed by atoms with van der Waals surface area (Å²) in [5.74, 6) is 1.51. The van der Waals surface area contributed by atoms with Gasteiger partial charge in [0.1, 0.15) is 5.75 Å². The number of Topliss-reactive ketones (excluding diaryl/α,β-unsaturated/α-hetero) is 1. The van der Waals surface area contributed by atoms with E-state index in [4.69, 9.17) is 4.74 Å². The minimum absolute atomic E-state index is 0.0118. The summed E-state index contributed by atoms with van der Waals surface area (Å²) in [6, 6.07) is 12.9. The molecule has 1 N–H and O–H groups in total. The quantitative estimate of drug-likeness (QED) is 0.411. The average Bonchev–Trinajstić information content (AvgIpc) is 3.09. The van der Waals surface area contributed by atoms with Crippen LogP contribution in [0.3, 0.4) is 0 Å². The molecular weight excluding hydrogens is 412 g/mol. The highest BCUT2D eigenvalue weighted by molar-refractivity contribution is 7.99. The molecule has 0 aliphatic carbocycles. The third-order valence-electron chi connectivity index (χ3n) is 4.77. The van der Waals surface area contributed by atoms with Gasteiger partial charge in [0.25, 0.3) is 0 Å². The van der Waals surface area contributed by atoms with Crippen LogP contribution in [0, 0.1) is 13.8 Å². The lowest BCUT2D eigenvalue weighted by molar-refractivity contribution is -0.113. The van der Waals surface area contributed by atoms with Gasteiger partial charge in [-0.05, 0) is 63.6 Å². The lowest BCUT2D eigenvalue weighted by atomic mass is 10.1. The van der Waals surface area contributed by atoms with E-state index in [-0.39, 0.29) is 23.5 Å². The van der Waals surface area contributed by atoms with E-state index in [2.05, 4.69) is 21.6 Å². The van der Waals surface area contributed by atoms with Crippen molar-refractivity contribution in [2.24, 2.45) is 7.05 Å². The van der Waals surface area contributed by atoms with Crippen LogP contribution in [0.25, 0.3) is 0 Å². The molecule has 8 heteroatoms. The van der Waals surface area contributed by atoms with Crippen LogP contribution in [-0.4, -0.2) is 32.2 Å². The van der Waals surface area contributed by atoms with Crippen molar-refractivity contribution in [3.05, 3.63) is 65.0 Å². The largest absolute Gasteiger partial charge is 0.482 e. The fourth-order valence-electron chi connectivity index (χ4n) is 3.10. The highest BCUT2D eigenvalue weighted by atomic mass is 32.2. The van der Waals surface area contributed by atoms with Gasteiger partial charge in [0, 0.05) is 18.3 Å². The maximum atomic E-state index is 12.3. The lowest BCUT2D eigenvalue weighted by Crippen LogP contribution is -2.15. The van der Waals surface area contributed by atoms with Crippen molar-refractivity contribution in [3.8, 4) is 5.75 Å². The smallest absolute Gasteiger partial charge is 0.234 e. The molecule has 7 nitrogen and oxygen atoms in total. The molecule has 0 spiro atoms. The minimum atomic E-state index is -0.290. The zero-order valence-electron chi connectivity index (χ0n) is 18.3. The van der Waals surface area contributed by atoms with Crippen LogP contribution in [-0.2, 0) is 11.8 Å². The Hall–Kier alpha value is -3.13. The molecule has 0 saturated heterocycles. The first-order chi connectivity index (χ1) is 14.7. The van der Waals surface area contributed by atoms with Crippen molar-refractivity contribution < 1.29 is 14.3 Å². The van der Waals surface area contributed by atoms with Crippen molar-refractivity contribution in [2.75, 3.05) is 11.1 Å². The molecule has 1 aromatic heterocycles. The van der Waals surface area contributed by atoms with Crippen LogP contribution in [0.15, 0.2) is 47.6 Å². The van der Waals surface area contributed by atoms with Crippen molar-refractivity contribution in [1.82, 2.24) is 14.8 Å². The maximum absolute atomic E-state index is 12.3. The molecule has 1 unspecified atom stereocenters. The molecule has 31 heavy (non-hydrogen) atoms. The fourth-order valence-corrected chi connectivity index (χ4v) is 3.81. The van der Waals surface area contributed by atoms with Crippen molar-refractivity contribution >= 4 is 29.1 Å². The summed E-state index contributed by atoms with van der Waals surface area (Å²) in [6.45, 7) is 7.49. The molecule has 0 fully saturated rings. The topological polar surface area (TPSA) is 86.1 Å². The molecule has 0 aliphatic rings. The normalized spacial score (nSPS) is 11.8. The highest BCUT2D eigenvalue weighted by Gasteiger charge is 2.18. The van der Waals surface area contributed by atoms with E-state index in [9.17, 15) is 9.59 Å². The summed E-state index contributed by atoms with van der Waals surface area (Å²) in [5, 5.41) is 11.9. The SMILES string of the molecule is CC(=O)c1ccc(NC(=O)CSc2nnc(C(C)Oc3ccc(C)cc3C)n2C)cc1. The Kier molecular flexibility index (Phi) is 7.12. The van der Waals surface area contributed by atoms with Gasteiger partial charge < -0.3 is 14.6 Å². The minimum Gasteiger partial charge on any atom is -0.482 e. The molecule has 1 heterocycles. The molecular formula is C23H26N4O3S. The van der Waals surface area contributed by atoms with E-state index in [1.807, 2.05) is 44.5 Å². The van der Waals surface area contributed by atoms with Gasteiger partial charge in [0.15, 0.2) is 22.9 Å². The van der Waals surface area contributed by atoms with Crippen LogP contribution in [0.1, 0.15) is 47.3 Å². The molecule has 0 aliphatic heterocycles. The van der Waals surface area contributed by atoms with Gasteiger partial charge in [-0.2, -0.15) is 0 Å². The Morgan fingerprint density at radius 1 is 1.13 bits per heavy atom. The number of ether oxygens (including phenoxy) is 1. The van der Waals surface area contributed by atoms with E-state index in [1.54, 1.807) is 24.3 Å². The number of ketones is 1. The molecule has 2 aromatic carbocycles. The second kappa shape index (κ2) is 9.78. The number of benzene rings is 2. The number of hydrogen-bond acceptors (Lipinski definition) is 6. The van der Waals surface area contributed by atoms with Crippen molar-refractivity contribution in [1.29, 1.82) is 0 Å². The number of hydrogen-bond donors (Lipinski definition) is 1. The van der Waals surface area contributed by atoms with Gasteiger partial charge in [0.05, 0.1) is 5.75 Å². The summed E-state index contributed by atoms with van der Waals surface area (Å²) in [6.07, 6.45) is -0.290. The van der Waals surface area contributed by atoms with Gasteiger partial charge in [-0.3, -0.25) is 9.59 Å². The molecule has 1 amide bonds. The van der Waals surface area contributed by atoms with Crippen LogP contribution >= 0.6 is 11.8 Å². The number of aryl methyl sites for hydroxylation is 2. The molecule has 0 saturated carbocycles. The summed E-state index contributed by atoms with van der Waals surface area (Å²) in [4.78, 5) is 23.6. The zero-order chi connectivity index (χ0) is 22.5. The first kappa shape index (κ1) is 22.6. The van der Waals surface area contributed by atoms with E-state index in [0.717, 1.165) is 11.3 Å². The van der Waals surface area contributed by atoms with E-state index in [0.29, 0.717) is 22.2 Å². The summed E-state index contributed by atoms with van der Waals surface area (Å²) < 4.78 is 7.92. The first-order valence-electron chi connectivity index (χ1n) is 9.91. The van der Waals surface area contributed by atoms with Gasteiger partial charge in [-0.15, -0.1) is 10.2 Å². The second-order valence-electron chi connectivity index (χ2n) is 7.40. The molecule has 3 rings (SSSR count). The number of nitrogens with one attached hydrogen (secondary N) is 1. The molecule has 0 bridgehead atoms. The van der Waals surface area contributed by atoms with E-state index < -0.39 is 0 Å². The predicted octanol–water partition coefficient (Wildman–Crippen LogP) is 4.51. The van der Waals surface area contributed by atoms with E-state index >= 15 is 0 Å². The van der Waals surface area contributed by atoms with Crippen LogP contribution < -0.4 is 10.1 Å². The monoisotopic (exact) mass is 438 g/mol. The van der Waals surface area contributed by atoms with Gasteiger partial charge >= 0.3 is 0 Å². The lowest BCUT2D eigenvalue weighted by Gasteiger charge is -2.16. The molecule has 3 aromatic rings. The van der Waals surface area contributed by atoms with Crippen LogP contribution in [0.4, 0.5) is 5.69 Å². The number of thioether (sulfide) groups is 1. The second-order valence-corrected chi connectivity index (χ2v) is 8.34. The number of carbonyl (C=O) groups excluding carboxylic acids is 2. The number of amides is 1. The third kappa shape index (κ3) is 5.73. The number of nitrogens with zero attached hydrogens (tertiary/aromatic N) is 3. The Morgan fingerprint density at radius 3 is 2.48 bits per heavy atom. The van der Waals surface area contributed by atoms with Gasteiger partial charge in [0.2, 0.25) is 5.91 Å².